The van der Waals surface area contributed by atoms with Gasteiger partial charge in [0.15, 0.2) is 0 Å². The number of hydrogen-bond donors (Lipinski definition) is 1. The highest BCUT2D eigenvalue weighted by Crippen LogP contribution is 2.52. The van der Waals surface area contributed by atoms with Gasteiger partial charge in [-0.1, -0.05) is 6.08 Å². The van der Waals surface area contributed by atoms with Crippen LogP contribution in [0.3, 0.4) is 0 Å². The number of rotatable bonds is 5. The molecule has 0 aromatic heterocycles. The Morgan fingerprint density at radius 3 is 2.56 bits per heavy atom. The minimum Gasteiger partial charge on any atom is -0.444 e. The van der Waals surface area contributed by atoms with Crippen molar-refractivity contribution in [2.75, 3.05) is 0 Å². The van der Waals surface area contributed by atoms with Gasteiger partial charge in [0.05, 0.1) is 11.7 Å². The maximum atomic E-state index is 12.2. The average molecular weight is 456 g/mol. The first-order valence-corrected chi connectivity index (χ1v) is 9.87. The SMILES string of the molecule is CC1=NC(/C=C(\C)[C@H](C/C=C(/C)I)NC(=O)OC(C)(C)C)=CC12CC2. The Labute approximate surface area is 165 Å². The molecule has 0 aromatic rings. The second-order valence-electron chi connectivity index (χ2n) is 8.04. The number of carbonyl (C=O) groups is 1. The fourth-order valence-electron chi connectivity index (χ4n) is 2.86. The molecular weight excluding hydrogens is 427 g/mol. The molecule has 2 rings (SSSR count). The average Bonchev–Trinajstić information content (AvgIpc) is 3.14. The molecule has 0 saturated heterocycles. The molecule has 1 amide bonds. The van der Waals surface area contributed by atoms with E-state index in [1.165, 1.54) is 22.1 Å². The summed E-state index contributed by atoms with van der Waals surface area (Å²) < 4.78 is 6.61. The van der Waals surface area contributed by atoms with Crippen LogP contribution in [0.15, 0.2) is 38.1 Å². The van der Waals surface area contributed by atoms with E-state index in [4.69, 9.17) is 9.73 Å². The van der Waals surface area contributed by atoms with Gasteiger partial charge in [-0.3, -0.25) is 4.99 Å². The lowest BCUT2D eigenvalue weighted by molar-refractivity contribution is 0.0512. The van der Waals surface area contributed by atoms with E-state index < -0.39 is 5.60 Å². The number of halogens is 1. The number of aliphatic imine (C=N–C) groups is 1. The predicted octanol–water partition coefficient (Wildman–Crippen LogP) is 5.69. The molecule has 0 aromatic carbocycles. The van der Waals surface area contributed by atoms with Crippen LogP contribution in [0.2, 0.25) is 0 Å². The number of amides is 1. The van der Waals surface area contributed by atoms with E-state index >= 15 is 0 Å². The Kier molecular flexibility index (Phi) is 6.17. The van der Waals surface area contributed by atoms with Crippen molar-refractivity contribution in [3.05, 3.63) is 33.1 Å². The summed E-state index contributed by atoms with van der Waals surface area (Å²) in [5.41, 5.74) is 3.04. The lowest BCUT2D eigenvalue weighted by Crippen LogP contribution is -2.39. The third kappa shape index (κ3) is 5.97. The van der Waals surface area contributed by atoms with E-state index in [0.717, 1.165) is 17.7 Å². The van der Waals surface area contributed by atoms with Crippen LogP contribution in [-0.2, 0) is 4.74 Å². The van der Waals surface area contributed by atoms with Crippen LogP contribution in [0, 0.1) is 5.41 Å². The fraction of sp³-hybridized carbons (Fsp3) is 0.600. The lowest BCUT2D eigenvalue weighted by Gasteiger charge is -2.23. The molecule has 0 radical (unpaired) electrons. The zero-order chi connectivity index (χ0) is 18.8. The number of nitrogens with zero attached hydrogens (tertiary/aromatic N) is 1. The summed E-state index contributed by atoms with van der Waals surface area (Å²) in [5.74, 6) is 0. The van der Waals surface area contributed by atoms with Crippen molar-refractivity contribution in [3.8, 4) is 0 Å². The third-order valence-electron chi connectivity index (χ3n) is 4.48. The molecule has 1 atom stereocenters. The molecule has 138 valence electrons. The fourth-order valence-corrected chi connectivity index (χ4v) is 3.12. The summed E-state index contributed by atoms with van der Waals surface area (Å²) in [6, 6.07) is -0.105. The van der Waals surface area contributed by atoms with Crippen LogP contribution in [0.5, 0.6) is 0 Å². The number of carbonyl (C=O) groups excluding carboxylic acids is 1. The maximum Gasteiger partial charge on any atom is 0.408 e. The number of allylic oxidation sites excluding steroid dienone is 3. The van der Waals surface area contributed by atoms with Crippen LogP contribution in [0.1, 0.15) is 60.8 Å². The van der Waals surface area contributed by atoms with Gasteiger partial charge in [0.1, 0.15) is 5.60 Å². The molecule has 1 heterocycles. The maximum absolute atomic E-state index is 12.2. The highest BCUT2D eigenvalue weighted by Gasteiger charge is 2.46. The van der Waals surface area contributed by atoms with Gasteiger partial charge < -0.3 is 10.1 Å². The zero-order valence-corrected chi connectivity index (χ0v) is 18.2. The van der Waals surface area contributed by atoms with Crippen LogP contribution < -0.4 is 5.32 Å². The molecule has 5 heteroatoms. The second-order valence-corrected chi connectivity index (χ2v) is 9.74. The van der Waals surface area contributed by atoms with E-state index in [9.17, 15) is 4.79 Å². The van der Waals surface area contributed by atoms with Crippen molar-refractivity contribution in [2.45, 2.75) is 72.4 Å². The number of hydrogen-bond acceptors (Lipinski definition) is 3. The lowest BCUT2D eigenvalue weighted by atomic mass is 10.0. The molecule has 1 fully saturated rings. The standard InChI is InChI=1S/C20H29IN2O2/c1-13(11-16-12-20(9-10-20)15(3)22-16)17(8-7-14(2)21)23-18(24)25-19(4,5)6/h7,11-12,17H,8-10H2,1-6H3,(H,23,24)/b13-11+,14-7-/t17-/m0/s1. The summed E-state index contributed by atoms with van der Waals surface area (Å²) in [6.45, 7) is 11.8. The van der Waals surface area contributed by atoms with Crippen LogP contribution in [0.25, 0.3) is 0 Å². The van der Waals surface area contributed by atoms with Crippen molar-refractivity contribution < 1.29 is 9.53 Å². The van der Waals surface area contributed by atoms with Crippen molar-refractivity contribution in [1.82, 2.24) is 5.32 Å². The minimum atomic E-state index is -0.505. The molecule has 4 nitrogen and oxygen atoms in total. The second kappa shape index (κ2) is 7.64. The topological polar surface area (TPSA) is 50.7 Å². The van der Waals surface area contributed by atoms with E-state index in [2.05, 4.69) is 53.1 Å². The third-order valence-corrected chi connectivity index (χ3v) is 4.92. The number of alkyl carbamates (subject to hydrolysis) is 1. The summed E-state index contributed by atoms with van der Waals surface area (Å²) in [7, 11) is 0. The Balaban J connectivity index is 2.13. The smallest absolute Gasteiger partial charge is 0.408 e. The van der Waals surface area contributed by atoms with Crippen LogP contribution in [0.4, 0.5) is 4.79 Å². The highest BCUT2D eigenvalue weighted by atomic mass is 127. The Hall–Kier alpha value is -1.11. The van der Waals surface area contributed by atoms with Gasteiger partial charge in [-0.15, -0.1) is 0 Å². The Morgan fingerprint density at radius 2 is 2.08 bits per heavy atom. The van der Waals surface area contributed by atoms with Crippen molar-refractivity contribution in [1.29, 1.82) is 0 Å². The van der Waals surface area contributed by atoms with E-state index in [1.807, 2.05) is 34.6 Å². The minimum absolute atomic E-state index is 0.105. The number of ether oxygens (including phenoxy) is 1. The van der Waals surface area contributed by atoms with Crippen LogP contribution >= 0.6 is 22.6 Å². The van der Waals surface area contributed by atoms with Gasteiger partial charge in [0, 0.05) is 11.1 Å². The quantitative estimate of drug-likeness (QED) is 0.540. The molecule has 1 saturated carbocycles. The predicted molar refractivity (Wildman–Crippen MR) is 112 cm³/mol. The molecule has 25 heavy (non-hydrogen) atoms. The van der Waals surface area contributed by atoms with E-state index in [0.29, 0.717) is 0 Å². The van der Waals surface area contributed by atoms with Crippen LogP contribution in [-0.4, -0.2) is 23.4 Å². The first-order valence-electron chi connectivity index (χ1n) is 8.79. The summed E-state index contributed by atoms with van der Waals surface area (Å²) in [5, 5.41) is 3.00. The van der Waals surface area contributed by atoms with Crippen molar-refractivity contribution >= 4 is 34.4 Å². The summed E-state index contributed by atoms with van der Waals surface area (Å²) in [6.07, 6.45) is 9.25. The molecule has 0 bridgehead atoms. The molecule has 1 spiro atoms. The van der Waals surface area contributed by atoms with Crippen molar-refractivity contribution in [3.63, 3.8) is 0 Å². The Bertz CT molecular complexity index is 658. The van der Waals surface area contributed by atoms with Gasteiger partial charge in [-0.25, -0.2) is 4.79 Å². The van der Waals surface area contributed by atoms with E-state index in [-0.39, 0.29) is 17.6 Å². The number of nitrogens with one attached hydrogen (secondary N) is 1. The van der Waals surface area contributed by atoms with Gasteiger partial charge in [-0.2, -0.15) is 0 Å². The first-order chi connectivity index (χ1) is 11.5. The normalized spacial score (nSPS) is 20.9. The summed E-state index contributed by atoms with van der Waals surface area (Å²) >= 11 is 2.29. The molecular formula is C20H29IN2O2. The van der Waals surface area contributed by atoms with Gasteiger partial charge in [0.2, 0.25) is 0 Å². The molecule has 1 aliphatic carbocycles. The Morgan fingerprint density at radius 1 is 1.44 bits per heavy atom. The zero-order valence-electron chi connectivity index (χ0n) is 16.1. The van der Waals surface area contributed by atoms with Gasteiger partial charge in [-0.05, 0) is 105 Å². The monoisotopic (exact) mass is 456 g/mol. The molecule has 1 N–H and O–H groups in total. The largest absolute Gasteiger partial charge is 0.444 e. The summed E-state index contributed by atoms with van der Waals surface area (Å²) in [4.78, 5) is 16.9. The first kappa shape index (κ1) is 20.2. The van der Waals surface area contributed by atoms with Gasteiger partial charge >= 0.3 is 6.09 Å². The van der Waals surface area contributed by atoms with Gasteiger partial charge in [0.25, 0.3) is 0 Å². The van der Waals surface area contributed by atoms with Crippen molar-refractivity contribution in [2.24, 2.45) is 10.4 Å². The highest BCUT2D eigenvalue weighted by molar-refractivity contribution is 14.1. The molecule has 2 aliphatic rings. The molecule has 0 unspecified atom stereocenters. The molecule has 1 aliphatic heterocycles. The van der Waals surface area contributed by atoms with E-state index in [1.54, 1.807) is 0 Å².